The smallest absolute Gasteiger partial charge is 0.304 e. The molecule has 0 atom stereocenters. The van der Waals surface area contributed by atoms with E-state index in [-0.39, 0.29) is 11.8 Å². The number of carboxylic acid groups (broad SMARTS) is 1. The van der Waals surface area contributed by atoms with Gasteiger partial charge in [0.05, 0.1) is 30.8 Å². The van der Waals surface area contributed by atoms with Gasteiger partial charge < -0.3 is 9.84 Å². The molecular weight excluding hydrogens is 244 g/mol. The Balaban J connectivity index is 2.00. The molecule has 0 radical (unpaired) electrons. The number of hydrogen-bond acceptors (Lipinski definition) is 4. The summed E-state index contributed by atoms with van der Waals surface area (Å²) < 4.78 is 5.03. The summed E-state index contributed by atoms with van der Waals surface area (Å²) in [5.74, 6) is -0.273. The number of methoxy groups -OCH3 is 1. The second-order valence-corrected chi connectivity index (χ2v) is 4.97. The largest absolute Gasteiger partial charge is 0.481 e. The number of ether oxygens (including phenoxy) is 1. The highest BCUT2D eigenvalue weighted by Crippen LogP contribution is 2.51. The molecule has 3 rings (SSSR count). The van der Waals surface area contributed by atoms with Crippen molar-refractivity contribution in [2.24, 2.45) is 0 Å². The maximum absolute atomic E-state index is 10.9. The van der Waals surface area contributed by atoms with Crippen molar-refractivity contribution in [2.75, 3.05) is 7.11 Å². The predicted molar refractivity (Wildman–Crippen MR) is 69.3 cm³/mol. The van der Waals surface area contributed by atoms with Gasteiger partial charge in [-0.05, 0) is 30.5 Å². The van der Waals surface area contributed by atoms with Crippen LogP contribution >= 0.6 is 0 Å². The summed E-state index contributed by atoms with van der Waals surface area (Å²) in [4.78, 5) is 19.5. The SMILES string of the molecule is COc1cnc2cc(C3(CC(=O)O)CC3)ccc2n1. The quantitative estimate of drug-likeness (QED) is 0.909. The Morgan fingerprint density at radius 1 is 1.42 bits per heavy atom. The van der Waals surface area contributed by atoms with Crippen molar-refractivity contribution in [2.45, 2.75) is 24.7 Å². The lowest BCUT2D eigenvalue weighted by Gasteiger charge is -2.13. The molecule has 0 spiro atoms. The Labute approximate surface area is 110 Å². The Morgan fingerprint density at radius 3 is 2.84 bits per heavy atom. The molecule has 0 amide bonds. The third kappa shape index (κ3) is 2.12. The molecule has 0 aliphatic heterocycles. The topological polar surface area (TPSA) is 72.3 Å². The molecule has 1 N–H and O–H groups in total. The molecular formula is C14H14N2O3. The molecule has 0 bridgehead atoms. The van der Waals surface area contributed by atoms with Crippen molar-refractivity contribution >= 4 is 17.0 Å². The minimum absolute atomic E-state index is 0.183. The molecule has 98 valence electrons. The van der Waals surface area contributed by atoms with E-state index < -0.39 is 5.97 Å². The van der Waals surface area contributed by atoms with Gasteiger partial charge in [0.2, 0.25) is 5.88 Å². The summed E-state index contributed by atoms with van der Waals surface area (Å²) in [6.07, 6.45) is 3.60. The second-order valence-electron chi connectivity index (χ2n) is 4.97. The number of benzene rings is 1. The van der Waals surface area contributed by atoms with Crippen LogP contribution in [0.1, 0.15) is 24.8 Å². The zero-order valence-electron chi connectivity index (χ0n) is 10.6. The van der Waals surface area contributed by atoms with Gasteiger partial charge in [0, 0.05) is 5.41 Å². The number of aromatic nitrogens is 2. The zero-order valence-corrected chi connectivity index (χ0v) is 10.6. The molecule has 1 fully saturated rings. The Hall–Kier alpha value is -2.17. The Kier molecular flexibility index (Phi) is 2.62. The fraction of sp³-hybridized carbons (Fsp3) is 0.357. The predicted octanol–water partition coefficient (Wildman–Crippen LogP) is 2.14. The van der Waals surface area contributed by atoms with Gasteiger partial charge in [-0.15, -0.1) is 0 Å². The molecule has 0 unspecified atom stereocenters. The van der Waals surface area contributed by atoms with Crippen molar-refractivity contribution < 1.29 is 14.6 Å². The van der Waals surface area contributed by atoms with Gasteiger partial charge in [-0.25, -0.2) is 9.97 Å². The minimum Gasteiger partial charge on any atom is -0.481 e. The monoisotopic (exact) mass is 258 g/mol. The lowest BCUT2D eigenvalue weighted by atomic mass is 9.92. The van der Waals surface area contributed by atoms with Crippen LogP contribution in [0.3, 0.4) is 0 Å². The lowest BCUT2D eigenvalue weighted by molar-refractivity contribution is -0.137. The van der Waals surface area contributed by atoms with Crippen LogP contribution in [0.4, 0.5) is 0 Å². The molecule has 5 heteroatoms. The molecule has 1 aliphatic carbocycles. The minimum atomic E-state index is -0.751. The summed E-state index contributed by atoms with van der Waals surface area (Å²) in [6, 6.07) is 5.77. The number of fused-ring (bicyclic) bond motifs is 1. The van der Waals surface area contributed by atoms with Crippen molar-refractivity contribution in [3.63, 3.8) is 0 Å². The van der Waals surface area contributed by atoms with Crippen LogP contribution in [0.5, 0.6) is 5.88 Å². The normalized spacial score (nSPS) is 16.3. The van der Waals surface area contributed by atoms with Crippen LogP contribution in [-0.2, 0) is 10.2 Å². The molecule has 1 aliphatic rings. The van der Waals surface area contributed by atoms with E-state index in [1.165, 1.54) is 0 Å². The molecule has 5 nitrogen and oxygen atoms in total. The van der Waals surface area contributed by atoms with Gasteiger partial charge in [-0.2, -0.15) is 0 Å². The first-order valence-corrected chi connectivity index (χ1v) is 6.16. The third-order valence-electron chi connectivity index (χ3n) is 3.68. The molecule has 1 aromatic heterocycles. The van der Waals surface area contributed by atoms with Crippen LogP contribution in [-0.4, -0.2) is 28.2 Å². The average molecular weight is 258 g/mol. The van der Waals surface area contributed by atoms with E-state index in [1.807, 2.05) is 18.2 Å². The van der Waals surface area contributed by atoms with Crippen LogP contribution < -0.4 is 4.74 Å². The van der Waals surface area contributed by atoms with E-state index in [9.17, 15) is 4.79 Å². The summed E-state index contributed by atoms with van der Waals surface area (Å²) in [7, 11) is 1.55. The van der Waals surface area contributed by atoms with Gasteiger partial charge in [0.15, 0.2) is 0 Å². The highest BCUT2D eigenvalue weighted by atomic mass is 16.5. The summed E-state index contributed by atoms with van der Waals surface area (Å²) in [5.41, 5.74) is 2.38. The van der Waals surface area contributed by atoms with E-state index in [0.717, 1.165) is 29.4 Å². The number of carboxylic acids is 1. The molecule has 1 saturated carbocycles. The molecule has 1 aromatic carbocycles. The van der Waals surface area contributed by atoms with Crippen LogP contribution in [0, 0.1) is 0 Å². The van der Waals surface area contributed by atoms with Crippen LogP contribution in [0.25, 0.3) is 11.0 Å². The van der Waals surface area contributed by atoms with Crippen LogP contribution in [0.2, 0.25) is 0 Å². The maximum atomic E-state index is 10.9. The first-order chi connectivity index (χ1) is 9.13. The number of rotatable bonds is 4. The molecule has 0 saturated heterocycles. The van der Waals surface area contributed by atoms with E-state index in [4.69, 9.17) is 9.84 Å². The number of nitrogens with zero attached hydrogens (tertiary/aromatic N) is 2. The molecule has 1 heterocycles. The lowest BCUT2D eigenvalue weighted by Crippen LogP contribution is -2.12. The highest BCUT2D eigenvalue weighted by molar-refractivity contribution is 5.77. The summed E-state index contributed by atoms with van der Waals surface area (Å²) in [6.45, 7) is 0. The standard InChI is InChI=1S/C14H14N2O3/c1-19-12-8-15-11-6-9(2-3-10(11)16-12)14(4-5-14)7-13(17)18/h2-3,6,8H,4-5,7H2,1H3,(H,17,18). The van der Waals surface area contributed by atoms with Gasteiger partial charge in [0.1, 0.15) is 0 Å². The van der Waals surface area contributed by atoms with E-state index in [0.29, 0.717) is 5.88 Å². The van der Waals surface area contributed by atoms with Gasteiger partial charge in [-0.1, -0.05) is 6.07 Å². The molecule has 19 heavy (non-hydrogen) atoms. The first-order valence-electron chi connectivity index (χ1n) is 6.16. The van der Waals surface area contributed by atoms with Crippen molar-refractivity contribution in [3.05, 3.63) is 30.0 Å². The van der Waals surface area contributed by atoms with Gasteiger partial charge >= 0.3 is 5.97 Å². The zero-order chi connectivity index (χ0) is 13.5. The van der Waals surface area contributed by atoms with Gasteiger partial charge in [0.25, 0.3) is 0 Å². The Bertz CT molecular complexity index is 650. The average Bonchev–Trinajstić information content (AvgIpc) is 3.17. The van der Waals surface area contributed by atoms with Crippen LogP contribution in [0.15, 0.2) is 24.4 Å². The van der Waals surface area contributed by atoms with E-state index in [2.05, 4.69) is 9.97 Å². The van der Waals surface area contributed by atoms with E-state index in [1.54, 1.807) is 13.3 Å². The number of aliphatic carboxylic acids is 1. The Morgan fingerprint density at radius 2 is 2.21 bits per heavy atom. The van der Waals surface area contributed by atoms with Crippen molar-refractivity contribution in [1.82, 2.24) is 9.97 Å². The summed E-state index contributed by atoms with van der Waals surface area (Å²) in [5, 5.41) is 8.99. The fourth-order valence-electron chi connectivity index (χ4n) is 2.43. The number of hydrogen-bond donors (Lipinski definition) is 1. The first kappa shape index (κ1) is 11.9. The van der Waals surface area contributed by atoms with Crippen molar-refractivity contribution in [1.29, 1.82) is 0 Å². The molecule has 2 aromatic rings. The van der Waals surface area contributed by atoms with Gasteiger partial charge in [-0.3, -0.25) is 4.79 Å². The highest BCUT2D eigenvalue weighted by Gasteiger charge is 2.46. The maximum Gasteiger partial charge on any atom is 0.304 e. The second kappa shape index (κ2) is 4.19. The van der Waals surface area contributed by atoms with E-state index >= 15 is 0 Å². The third-order valence-corrected chi connectivity index (χ3v) is 3.68. The summed E-state index contributed by atoms with van der Waals surface area (Å²) >= 11 is 0. The van der Waals surface area contributed by atoms with Crippen molar-refractivity contribution in [3.8, 4) is 5.88 Å². The number of carbonyl (C=O) groups is 1. The fourth-order valence-corrected chi connectivity index (χ4v) is 2.43.